The Bertz CT molecular complexity index is 1290. The molecule has 9 heteroatoms. The van der Waals surface area contributed by atoms with Crippen molar-refractivity contribution in [3.05, 3.63) is 77.7 Å². The average Bonchev–Trinajstić information content (AvgIpc) is 2.91. The Labute approximate surface area is 242 Å². The van der Waals surface area contributed by atoms with E-state index < -0.39 is 11.7 Å². The highest BCUT2D eigenvalue weighted by Gasteiger charge is 2.36. The van der Waals surface area contributed by atoms with Crippen LogP contribution in [-0.4, -0.2) is 57.9 Å². The monoisotopic (exact) mass is 567 g/mol. The molecule has 4 N–H and O–H groups in total. The molecule has 1 aliphatic carbocycles. The van der Waals surface area contributed by atoms with Crippen molar-refractivity contribution >= 4 is 18.3 Å². The van der Waals surface area contributed by atoms with Gasteiger partial charge in [0, 0.05) is 49.4 Å². The maximum atomic E-state index is 13.8. The minimum absolute atomic E-state index is 0. The third-order valence-electron chi connectivity index (χ3n) is 8.12. The van der Waals surface area contributed by atoms with Gasteiger partial charge < -0.3 is 16.2 Å². The molecule has 1 amide bonds. The van der Waals surface area contributed by atoms with Crippen LogP contribution in [-0.2, 0) is 6.54 Å². The standard InChI is InChI=1S/C31H38FN5O2.ClH/c1-20-17-36(18-21(2)37(20)25-13-11-24(33)12-14-25)19-28-26(22-7-4-3-5-8-22)9-6-10-29(28)39-31-27(30(34)38)15-23(32)16-35-31;/h3-10,15-16,20-21,24-25H,11-14,17-19,33H2,1-2H3,(H2,34,38);1H/t20-,21+,24?,25?;. The van der Waals surface area contributed by atoms with Gasteiger partial charge in [0.15, 0.2) is 0 Å². The number of carbonyl (C=O) groups excluding carboxylic acids is 1. The average molecular weight is 568 g/mol. The third kappa shape index (κ3) is 6.63. The summed E-state index contributed by atoms with van der Waals surface area (Å²) in [5, 5.41) is 0. The largest absolute Gasteiger partial charge is 0.438 e. The van der Waals surface area contributed by atoms with Gasteiger partial charge in [-0.05, 0) is 62.8 Å². The van der Waals surface area contributed by atoms with Crippen molar-refractivity contribution in [1.82, 2.24) is 14.8 Å². The molecule has 0 radical (unpaired) electrons. The summed E-state index contributed by atoms with van der Waals surface area (Å²) in [4.78, 5) is 21.2. The molecular formula is C31H39ClFN5O2. The van der Waals surface area contributed by atoms with Gasteiger partial charge in [-0.3, -0.25) is 14.6 Å². The van der Waals surface area contributed by atoms with Gasteiger partial charge in [-0.2, -0.15) is 0 Å². The highest BCUT2D eigenvalue weighted by atomic mass is 35.5. The molecule has 1 aromatic heterocycles. The zero-order chi connectivity index (χ0) is 27.5. The lowest BCUT2D eigenvalue weighted by Crippen LogP contribution is -2.60. The number of hydrogen-bond donors (Lipinski definition) is 2. The number of benzene rings is 2. The summed E-state index contributed by atoms with van der Waals surface area (Å²) in [7, 11) is 0. The first-order valence-corrected chi connectivity index (χ1v) is 13.9. The molecule has 214 valence electrons. The third-order valence-corrected chi connectivity index (χ3v) is 8.12. The molecule has 2 aromatic carbocycles. The minimum Gasteiger partial charge on any atom is -0.438 e. The number of nitrogens with zero attached hydrogens (tertiary/aromatic N) is 3. The Balaban J connectivity index is 0.00000370. The van der Waals surface area contributed by atoms with E-state index in [1.807, 2.05) is 30.3 Å². The highest BCUT2D eigenvalue weighted by Crippen LogP contribution is 2.36. The number of primary amides is 1. The first-order chi connectivity index (χ1) is 18.8. The number of pyridine rings is 1. The predicted molar refractivity (Wildman–Crippen MR) is 158 cm³/mol. The molecule has 2 aliphatic rings. The second-order valence-corrected chi connectivity index (χ2v) is 11.0. The number of hydrogen-bond acceptors (Lipinski definition) is 6. The van der Waals surface area contributed by atoms with Gasteiger partial charge in [0.1, 0.15) is 17.1 Å². The number of rotatable bonds is 7. The number of amides is 1. The molecule has 0 bridgehead atoms. The van der Waals surface area contributed by atoms with Crippen molar-refractivity contribution in [2.45, 2.75) is 70.2 Å². The van der Waals surface area contributed by atoms with E-state index in [0.717, 1.165) is 67.7 Å². The molecule has 40 heavy (non-hydrogen) atoms. The molecule has 1 saturated carbocycles. The maximum absolute atomic E-state index is 13.8. The van der Waals surface area contributed by atoms with Gasteiger partial charge in [0.05, 0.1) is 6.20 Å². The van der Waals surface area contributed by atoms with E-state index in [1.54, 1.807) is 0 Å². The van der Waals surface area contributed by atoms with Gasteiger partial charge in [0.25, 0.3) is 5.91 Å². The Hall–Kier alpha value is -3.04. The van der Waals surface area contributed by atoms with Crippen LogP contribution >= 0.6 is 12.4 Å². The van der Waals surface area contributed by atoms with Crippen molar-refractivity contribution in [1.29, 1.82) is 0 Å². The van der Waals surface area contributed by atoms with Crippen molar-refractivity contribution in [3.63, 3.8) is 0 Å². The lowest BCUT2D eigenvalue weighted by molar-refractivity contribution is -0.00934. The first-order valence-electron chi connectivity index (χ1n) is 13.9. The van der Waals surface area contributed by atoms with Crippen molar-refractivity contribution in [2.24, 2.45) is 11.5 Å². The van der Waals surface area contributed by atoms with E-state index >= 15 is 0 Å². The smallest absolute Gasteiger partial charge is 0.254 e. The Morgan fingerprint density at radius 2 is 1.70 bits per heavy atom. The fourth-order valence-corrected chi connectivity index (χ4v) is 6.42. The molecule has 7 nitrogen and oxygen atoms in total. The highest BCUT2D eigenvalue weighted by molar-refractivity contribution is 5.95. The van der Waals surface area contributed by atoms with Gasteiger partial charge >= 0.3 is 0 Å². The van der Waals surface area contributed by atoms with E-state index in [2.05, 4.69) is 46.8 Å². The summed E-state index contributed by atoms with van der Waals surface area (Å²) in [5.74, 6) is -0.866. The summed E-state index contributed by atoms with van der Waals surface area (Å²) in [6.45, 7) is 7.15. The number of ether oxygens (including phenoxy) is 1. The number of piperazine rings is 1. The molecule has 2 heterocycles. The number of carbonyl (C=O) groups is 1. The number of nitrogens with two attached hydrogens (primary N) is 2. The fourth-order valence-electron chi connectivity index (χ4n) is 6.42. The van der Waals surface area contributed by atoms with E-state index in [-0.39, 0.29) is 23.9 Å². The van der Waals surface area contributed by atoms with Gasteiger partial charge in [-0.25, -0.2) is 9.37 Å². The molecule has 0 spiro atoms. The van der Waals surface area contributed by atoms with Crippen LogP contribution in [0.5, 0.6) is 11.6 Å². The maximum Gasteiger partial charge on any atom is 0.254 e. The molecule has 1 saturated heterocycles. The Morgan fingerprint density at radius 1 is 1.02 bits per heavy atom. The zero-order valence-electron chi connectivity index (χ0n) is 23.1. The summed E-state index contributed by atoms with van der Waals surface area (Å²) >= 11 is 0. The molecule has 5 rings (SSSR count). The quantitative estimate of drug-likeness (QED) is 0.398. The number of aromatic nitrogens is 1. The summed E-state index contributed by atoms with van der Waals surface area (Å²) in [5.41, 5.74) is 14.7. The molecule has 0 unspecified atom stereocenters. The summed E-state index contributed by atoms with van der Waals surface area (Å²) in [6, 6.07) is 18.8. The van der Waals surface area contributed by atoms with E-state index in [0.29, 0.717) is 36.5 Å². The van der Waals surface area contributed by atoms with Crippen LogP contribution in [0.4, 0.5) is 4.39 Å². The second kappa shape index (κ2) is 13.1. The first kappa shape index (κ1) is 29.9. The SMILES string of the molecule is C[C@@H]1CN(Cc2c(Oc3ncc(F)cc3C(N)=O)cccc2-c2ccccc2)C[C@H](C)N1C1CCC(N)CC1.Cl. The summed E-state index contributed by atoms with van der Waals surface area (Å²) < 4.78 is 20.0. The Kier molecular flexibility index (Phi) is 9.79. The van der Waals surface area contributed by atoms with Crippen LogP contribution in [0.25, 0.3) is 11.1 Å². The molecule has 3 aromatic rings. The van der Waals surface area contributed by atoms with Gasteiger partial charge in [-0.1, -0.05) is 42.5 Å². The fraction of sp³-hybridized carbons (Fsp3) is 0.419. The molecule has 2 atom stereocenters. The van der Waals surface area contributed by atoms with E-state index in [4.69, 9.17) is 16.2 Å². The van der Waals surface area contributed by atoms with Crippen LogP contribution in [0.15, 0.2) is 60.8 Å². The van der Waals surface area contributed by atoms with Crippen molar-refractivity contribution in [3.8, 4) is 22.8 Å². The lowest BCUT2D eigenvalue weighted by Gasteiger charge is -2.49. The molecule has 2 fully saturated rings. The summed E-state index contributed by atoms with van der Waals surface area (Å²) in [6.07, 6.45) is 5.55. The van der Waals surface area contributed by atoms with Crippen LogP contribution < -0.4 is 16.2 Å². The van der Waals surface area contributed by atoms with Crippen LogP contribution in [0, 0.1) is 5.82 Å². The lowest BCUT2D eigenvalue weighted by atomic mass is 9.88. The second-order valence-electron chi connectivity index (χ2n) is 11.0. The van der Waals surface area contributed by atoms with Crippen LogP contribution in [0.1, 0.15) is 55.5 Å². The van der Waals surface area contributed by atoms with Crippen molar-refractivity contribution < 1.29 is 13.9 Å². The predicted octanol–water partition coefficient (Wildman–Crippen LogP) is 5.37. The normalized spacial score (nSPS) is 23.8. The van der Waals surface area contributed by atoms with Crippen molar-refractivity contribution in [2.75, 3.05) is 13.1 Å². The Morgan fingerprint density at radius 3 is 2.35 bits per heavy atom. The van der Waals surface area contributed by atoms with Gasteiger partial charge in [0.2, 0.25) is 5.88 Å². The molecular weight excluding hydrogens is 529 g/mol. The van der Waals surface area contributed by atoms with Crippen LogP contribution in [0.2, 0.25) is 0 Å². The van der Waals surface area contributed by atoms with E-state index in [9.17, 15) is 9.18 Å². The minimum atomic E-state index is -0.791. The topological polar surface area (TPSA) is 97.7 Å². The number of halogens is 2. The van der Waals surface area contributed by atoms with E-state index in [1.165, 1.54) is 0 Å². The zero-order valence-corrected chi connectivity index (χ0v) is 23.9. The van der Waals surface area contributed by atoms with Crippen LogP contribution in [0.3, 0.4) is 0 Å². The van der Waals surface area contributed by atoms with Gasteiger partial charge in [-0.15, -0.1) is 12.4 Å². The molecule has 1 aliphatic heterocycles.